The molecule has 0 unspecified atom stereocenters. The van der Waals surface area contributed by atoms with Crippen molar-refractivity contribution >= 4 is 49.8 Å². The molecule has 0 saturated heterocycles. The molecule has 10 aromatic rings. The van der Waals surface area contributed by atoms with Crippen LogP contribution in [0.1, 0.15) is 0 Å². The van der Waals surface area contributed by atoms with Gasteiger partial charge in [0.1, 0.15) is 11.2 Å². The van der Waals surface area contributed by atoms with Crippen molar-refractivity contribution in [1.82, 2.24) is 0 Å². The highest BCUT2D eigenvalue weighted by Crippen LogP contribution is 2.49. The largest absolute Gasteiger partial charge is 0.456 e. The molecule has 0 aliphatic rings. The second-order valence-electron chi connectivity index (χ2n) is 13.7. The standard InChI is InChI=1S/C52H35NO/c1-4-12-36(13-5-1)38-20-22-39(23-21-38)41-26-31-45(32-27-41)53(44-29-24-40(25-30-44)37-14-6-2-7-15-37)52-47(42-16-8-3-9-17-42)33-35-49-51(52)50-46-19-11-10-18-43(46)28-34-48(50)54-49/h1-35H. The second-order valence-corrected chi connectivity index (χ2v) is 13.7. The van der Waals surface area contributed by atoms with E-state index in [4.69, 9.17) is 4.42 Å². The van der Waals surface area contributed by atoms with Gasteiger partial charge in [0.05, 0.1) is 11.1 Å². The van der Waals surface area contributed by atoms with Gasteiger partial charge in [0.15, 0.2) is 0 Å². The van der Waals surface area contributed by atoms with E-state index < -0.39 is 0 Å². The first-order valence-corrected chi connectivity index (χ1v) is 18.4. The fraction of sp³-hybridized carbons (Fsp3) is 0. The number of hydrogen-bond donors (Lipinski definition) is 0. The zero-order valence-electron chi connectivity index (χ0n) is 29.6. The molecule has 0 aliphatic carbocycles. The summed E-state index contributed by atoms with van der Waals surface area (Å²) in [5, 5.41) is 4.58. The van der Waals surface area contributed by atoms with Crippen molar-refractivity contribution in [2.75, 3.05) is 4.90 Å². The predicted octanol–water partition coefficient (Wildman–Crippen LogP) is 14.9. The van der Waals surface area contributed by atoms with Crippen LogP contribution in [0.15, 0.2) is 217 Å². The number of fused-ring (bicyclic) bond motifs is 5. The quantitative estimate of drug-likeness (QED) is 0.166. The molecule has 0 bridgehead atoms. The minimum Gasteiger partial charge on any atom is -0.456 e. The lowest BCUT2D eigenvalue weighted by Crippen LogP contribution is -2.12. The summed E-state index contributed by atoms with van der Waals surface area (Å²) in [7, 11) is 0. The maximum atomic E-state index is 6.68. The van der Waals surface area contributed by atoms with Crippen LogP contribution in [0.25, 0.3) is 77.2 Å². The molecule has 0 radical (unpaired) electrons. The third kappa shape index (κ3) is 5.62. The molecule has 254 valence electrons. The van der Waals surface area contributed by atoms with Crippen molar-refractivity contribution in [2.24, 2.45) is 0 Å². The van der Waals surface area contributed by atoms with E-state index in [-0.39, 0.29) is 0 Å². The Bertz CT molecular complexity index is 2880. The number of hydrogen-bond acceptors (Lipinski definition) is 2. The summed E-state index contributed by atoms with van der Waals surface area (Å²) in [5.41, 5.74) is 14.4. The summed E-state index contributed by atoms with van der Waals surface area (Å²) in [6, 6.07) is 75.8. The minimum absolute atomic E-state index is 0.858. The average molecular weight is 690 g/mol. The molecule has 0 N–H and O–H groups in total. The van der Waals surface area contributed by atoms with Gasteiger partial charge in [-0.25, -0.2) is 0 Å². The van der Waals surface area contributed by atoms with Gasteiger partial charge in [-0.15, -0.1) is 0 Å². The van der Waals surface area contributed by atoms with E-state index in [1.165, 1.54) is 44.2 Å². The molecule has 1 heterocycles. The van der Waals surface area contributed by atoms with Crippen LogP contribution in [0, 0.1) is 0 Å². The van der Waals surface area contributed by atoms with Crippen LogP contribution in [0.2, 0.25) is 0 Å². The number of anilines is 3. The summed E-state index contributed by atoms with van der Waals surface area (Å²) in [6.07, 6.45) is 0. The third-order valence-corrected chi connectivity index (χ3v) is 10.5. The van der Waals surface area contributed by atoms with Crippen LogP contribution in [0.4, 0.5) is 17.1 Å². The van der Waals surface area contributed by atoms with Crippen LogP contribution < -0.4 is 4.90 Å². The zero-order chi connectivity index (χ0) is 35.8. The molecule has 1 aromatic heterocycles. The highest BCUT2D eigenvalue weighted by atomic mass is 16.3. The molecule has 0 atom stereocenters. The Morgan fingerprint density at radius 1 is 0.296 bits per heavy atom. The van der Waals surface area contributed by atoms with Gasteiger partial charge < -0.3 is 9.32 Å². The van der Waals surface area contributed by atoms with E-state index in [0.29, 0.717) is 0 Å². The molecular formula is C52H35NO. The summed E-state index contributed by atoms with van der Waals surface area (Å²) in [6.45, 7) is 0. The third-order valence-electron chi connectivity index (χ3n) is 10.5. The van der Waals surface area contributed by atoms with Gasteiger partial charge in [0, 0.05) is 22.3 Å². The first-order chi connectivity index (χ1) is 26.8. The molecule has 0 spiro atoms. The predicted molar refractivity (Wildman–Crippen MR) is 228 cm³/mol. The molecule has 2 nitrogen and oxygen atoms in total. The van der Waals surface area contributed by atoms with Gasteiger partial charge in [-0.3, -0.25) is 0 Å². The van der Waals surface area contributed by atoms with Crippen LogP contribution >= 0.6 is 0 Å². The topological polar surface area (TPSA) is 16.4 Å². The fourth-order valence-corrected chi connectivity index (χ4v) is 7.82. The number of furan rings is 1. The first-order valence-electron chi connectivity index (χ1n) is 18.4. The van der Waals surface area contributed by atoms with Crippen molar-refractivity contribution in [2.45, 2.75) is 0 Å². The Labute approximate surface area is 314 Å². The van der Waals surface area contributed by atoms with Crippen molar-refractivity contribution in [1.29, 1.82) is 0 Å². The van der Waals surface area contributed by atoms with Crippen molar-refractivity contribution in [3.05, 3.63) is 212 Å². The van der Waals surface area contributed by atoms with Crippen molar-refractivity contribution < 1.29 is 4.42 Å². The highest BCUT2D eigenvalue weighted by Gasteiger charge is 2.25. The van der Waals surface area contributed by atoms with Gasteiger partial charge in [-0.05, 0) is 92.2 Å². The lowest BCUT2D eigenvalue weighted by atomic mass is 9.95. The van der Waals surface area contributed by atoms with Crippen LogP contribution in [0.5, 0.6) is 0 Å². The summed E-state index contributed by atoms with van der Waals surface area (Å²) in [4.78, 5) is 2.42. The van der Waals surface area contributed by atoms with Crippen LogP contribution in [-0.2, 0) is 0 Å². The van der Waals surface area contributed by atoms with Crippen molar-refractivity contribution in [3.8, 4) is 44.5 Å². The van der Waals surface area contributed by atoms with Gasteiger partial charge >= 0.3 is 0 Å². The van der Waals surface area contributed by atoms with Gasteiger partial charge in [0.25, 0.3) is 0 Å². The Hall–Kier alpha value is -7.16. The monoisotopic (exact) mass is 689 g/mol. The summed E-state index contributed by atoms with van der Waals surface area (Å²) >= 11 is 0. The Morgan fingerprint density at radius 3 is 1.24 bits per heavy atom. The molecular weight excluding hydrogens is 655 g/mol. The van der Waals surface area contributed by atoms with E-state index >= 15 is 0 Å². The SMILES string of the molecule is c1ccc(-c2ccc(-c3ccc(N(c4ccc(-c5ccccc5)cc4)c4c(-c5ccccc5)ccc5oc6ccc7ccccc7c6c45)cc3)cc2)cc1. The Morgan fingerprint density at radius 2 is 0.704 bits per heavy atom. The molecule has 0 amide bonds. The van der Waals surface area contributed by atoms with Gasteiger partial charge in [-0.1, -0.05) is 170 Å². The minimum atomic E-state index is 0.858. The molecule has 10 rings (SSSR count). The van der Waals surface area contributed by atoms with Crippen LogP contribution in [0.3, 0.4) is 0 Å². The Balaban J connectivity index is 1.20. The number of benzene rings is 9. The lowest BCUT2D eigenvalue weighted by molar-refractivity contribution is 0.669. The average Bonchev–Trinajstić information content (AvgIpc) is 3.65. The Kier molecular flexibility index (Phi) is 7.85. The molecule has 0 aliphatic heterocycles. The molecule has 2 heteroatoms. The van der Waals surface area contributed by atoms with E-state index in [0.717, 1.165) is 50.1 Å². The second kappa shape index (κ2) is 13.4. The molecule has 0 saturated carbocycles. The maximum absolute atomic E-state index is 6.68. The van der Waals surface area contributed by atoms with Gasteiger partial charge in [-0.2, -0.15) is 0 Å². The van der Waals surface area contributed by atoms with E-state index in [2.05, 4.69) is 217 Å². The highest BCUT2D eigenvalue weighted by molar-refractivity contribution is 6.25. The summed E-state index contributed by atoms with van der Waals surface area (Å²) in [5.74, 6) is 0. The van der Waals surface area contributed by atoms with Crippen LogP contribution in [-0.4, -0.2) is 0 Å². The fourth-order valence-electron chi connectivity index (χ4n) is 7.82. The van der Waals surface area contributed by atoms with Gasteiger partial charge in [0.2, 0.25) is 0 Å². The molecule has 0 fully saturated rings. The zero-order valence-corrected chi connectivity index (χ0v) is 29.6. The smallest absolute Gasteiger partial charge is 0.137 e. The maximum Gasteiger partial charge on any atom is 0.137 e. The summed E-state index contributed by atoms with van der Waals surface area (Å²) < 4.78 is 6.68. The van der Waals surface area contributed by atoms with Crippen molar-refractivity contribution in [3.63, 3.8) is 0 Å². The van der Waals surface area contributed by atoms with E-state index in [1.807, 2.05) is 0 Å². The number of nitrogens with zero attached hydrogens (tertiary/aromatic N) is 1. The first kappa shape index (κ1) is 31.6. The number of rotatable bonds is 7. The normalized spacial score (nSPS) is 11.3. The van der Waals surface area contributed by atoms with E-state index in [9.17, 15) is 0 Å². The van der Waals surface area contributed by atoms with E-state index in [1.54, 1.807) is 0 Å². The lowest BCUT2D eigenvalue weighted by Gasteiger charge is -2.29. The molecule has 9 aromatic carbocycles. The molecule has 54 heavy (non-hydrogen) atoms.